The maximum Gasteiger partial charge on any atom is 0.272 e. The summed E-state index contributed by atoms with van der Waals surface area (Å²) in [6.07, 6.45) is 4.59. The summed E-state index contributed by atoms with van der Waals surface area (Å²) in [7, 11) is 0. The molecule has 1 aromatic rings. The summed E-state index contributed by atoms with van der Waals surface area (Å²) in [6, 6.07) is 2.80. The van der Waals surface area contributed by atoms with Crippen molar-refractivity contribution in [3.8, 4) is 0 Å². The van der Waals surface area contributed by atoms with Crippen molar-refractivity contribution in [3.05, 3.63) is 35.4 Å². The Balaban J connectivity index is 1.28. The number of hydrazone groups is 1. The molecule has 0 aromatic heterocycles. The van der Waals surface area contributed by atoms with Gasteiger partial charge in [0.2, 0.25) is 5.91 Å². The molecule has 2 heterocycles. The number of hydrogen-bond donors (Lipinski definition) is 0. The highest BCUT2D eigenvalue weighted by molar-refractivity contribution is 5.82. The average molecular weight is 409 g/mol. The summed E-state index contributed by atoms with van der Waals surface area (Å²) in [5, 5.41) is 5.60. The van der Waals surface area contributed by atoms with Gasteiger partial charge in [-0.1, -0.05) is 0 Å². The van der Waals surface area contributed by atoms with Crippen molar-refractivity contribution >= 4 is 12.1 Å². The number of carbonyl (C=O) groups excluding carboxylic acids is 1. The van der Waals surface area contributed by atoms with Gasteiger partial charge in [-0.3, -0.25) is 9.69 Å². The van der Waals surface area contributed by atoms with Crippen molar-refractivity contribution < 1.29 is 22.4 Å². The predicted octanol–water partition coefficient (Wildman–Crippen LogP) is 3.84. The lowest BCUT2D eigenvalue weighted by atomic mass is 9.55. The Labute approximate surface area is 166 Å². The van der Waals surface area contributed by atoms with E-state index in [4.69, 9.17) is 0 Å². The quantitative estimate of drug-likeness (QED) is 0.709. The number of nitrogens with zero attached hydrogens (tertiary/aromatic N) is 3. The van der Waals surface area contributed by atoms with E-state index < -0.39 is 23.6 Å². The fraction of sp³-hybridized carbons (Fsp3) is 0.619. The normalized spacial score (nSPS) is 35.3. The molecule has 1 saturated heterocycles. The molecule has 2 bridgehead atoms. The number of hydrogen-bond acceptors (Lipinski definition) is 3. The van der Waals surface area contributed by atoms with E-state index in [1.54, 1.807) is 11.1 Å². The maximum absolute atomic E-state index is 13.7. The first-order chi connectivity index (χ1) is 13.8. The number of amides is 1. The topological polar surface area (TPSA) is 35.9 Å². The number of halogens is 4. The minimum Gasteiger partial charge on any atom is -0.291 e. The van der Waals surface area contributed by atoms with Crippen LogP contribution in [0.1, 0.15) is 37.3 Å². The molecule has 0 spiro atoms. The van der Waals surface area contributed by atoms with E-state index in [-0.39, 0.29) is 30.8 Å². The summed E-state index contributed by atoms with van der Waals surface area (Å²) in [5.41, 5.74) is 0.398. The van der Waals surface area contributed by atoms with Crippen LogP contribution in [0.2, 0.25) is 0 Å². The van der Waals surface area contributed by atoms with Crippen LogP contribution in [0, 0.1) is 35.3 Å². The molecule has 4 fully saturated rings. The second kappa shape index (κ2) is 6.79. The van der Waals surface area contributed by atoms with Crippen molar-refractivity contribution in [1.82, 2.24) is 9.91 Å². The Hall–Kier alpha value is -1.96. The van der Waals surface area contributed by atoms with Gasteiger partial charge in [0.25, 0.3) is 5.92 Å². The van der Waals surface area contributed by atoms with Crippen molar-refractivity contribution in [2.45, 2.75) is 37.6 Å². The Kier molecular flexibility index (Phi) is 4.46. The van der Waals surface area contributed by atoms with E-state index in [0.717, 1.165) is 18.9 Å². The minimum absolute atomic E-state index is 0.115. The van der Waals surface area contributed by atoms with Gasteiger partial charge in [0.1, 0.15) is 11.6 Å². The first kappa shape index (κ1) is 19.0. The van der Waals surface area contributed by atoms with Crippen molar-refractivity contribution in [2.24, 2.45) is 28.8 Å². The SMILES string of the molecule is O=C([C@H]1CC(CN2CC(F)(F)C2)C2CC1C2)N1N=CCC1c1cc(F)cc(F)c1. The van der Waals surface area contributed by atoms with Gasteiger partial charge in [-0.2, -0.15) is 5.10 Å². The van der Waals surface area contributed by atoms with Gasteiger partial charge in [-0.15, -0.1) is 0 Å². The molecule has 2 unspecified atom stereocenters. The molecule has 156 valence electrons. The first-order valence-electron chi connectivity index (χ1n) is 10.2. The monoisotopic (exact) mass is 409 g/mol. The number of rotatable bonds is 4. The van der Waals surface area contributed by atoms with Gasteiger partial charge in [-0.05, 0) is 54.7 Å². The number of alkyl halides is 2. The lowest BCUT2D eigenvalue weighted by Gasteiger charge is -2.53. The van der Waals surface area contributed by atoms with Crippen LogP contribution in [-0.4, -0.2) is 47.6 Å². The van der Waals surface area contributed by atoms with Gasteiger partial charge in [0.15, 0.2) is 0 Å². The Bertz CT molecular complexity index is 826. The fourth-order valence-corrected chi connectivity index (χ4v) is 5.57. The molecule has 3 atom stereocenters. The lowest BCUT2D eigenvalue weighted by Crippen LogP contribution is -2.59. The average Bonchev–Trinajstić information content (AvgIpc) is 3.07. The Morgan fingerprint density at radius 3 is 2.41 bits per heavy atom. The number of carbonyl (C=O) groups is 1. The molecule has 5 aliphatic rings. The standard InChI is InChI=1S/C21H23F4N3O/c22-16-5-14(6-17(23)8-16)19-1-2-26-28(19)20(29)18-7-15(12-3-13(18)4-12)9-27-10-21(24,25)11-27/h2,5-6,8,12-13,15,18-19H,1,3-4,7,9-11H2/t12?,13?,15?,18-,19?/m0/s1. The third kappa shape index (κ3) is 3.45. The second-order valence-electron chi connectivity index (χ2n) is 9.05. The summed E-state index contributed by atoms with van der Waals surface area (Å²) in [6.45, 7) is 0.225. The predicted molar refractivity (Wildman–Crippen MR) is 98.3 cm³/mol. The highest BCUT2D eigenvalue weighted by Crippen LogP contribution is 2.53. The molecule has 3 aliphatic carbocycles. The van der Waals surface area contributed by atoms with E-state index in [1.807, 2.05) is 0 Å². The van der Waals surface area contributed by atoms with E-state index in [1.165, 1.54) is 17.1 Å². The summed E-state index contributed by atoms with van der Waals surface area (Å²) >= 11 is 0. The molecule has 2 aliphatic heterocycles. The van der Waals surface area contributed by atoms with Gasteiger partial charge in [-0.25, -0.2) is 22.6 Å². The van der Waals surface area contributed by atoms with Crippen LogP contribution in [0.25, 0.3) is 0 Å². The van der Waals surface area contributed by atoms with Gasteiger partial charge >= 0.3 is 0 Å². The Morgan fingerprint density at radius 2 is 1.76 bits per heavy atom. The molecule has 1 amide bonds. The van der Waals surface area contributed by atoms with E-state index in [0.29, 0.717) is 36.8 Å². The van der Waals surface area contributed by atoms with Crippen LogP contribution < -0.4 is 0 Å². The number of fused-ring (bicyclic) bond motifs is 2. The zero-order valence-electron chi connectivity index (χ0n) is 15.9. The summed E-state index contributed by atoms with van der Waals surface area (Å²) < 4.78 is 53.6. The van der Waals surface area contributed by atoms with Crippen molar-refractivity contribution in [1.29, 1.82) is 0 Å². The molecule has 0 radical (unpaired) electrons. The summed E-state index contributed by atoms with van der Waals surface area (Å²) in [5.74, 6) is -3.21. The third-order valence-corrected chi connectivity index (χ3v) is 7.05. The molecule has 0 N–H and O–H groups in total. The van der Waals surface area contributed by atoms with Crippen molar-refractivity contribution in [2.75, 3.05) is 19.6 Å². The van der Waals surface area contributed by atoms with Crippen LogP contribution >= 0.6 is 0 Å². The fourth-order valence-electron chi connectivity index (χ4n) is 5.57. The minimum atomic E-state index is -2.58. The van der Waals surface area contributed by atoms with Crippen LogP contribution in [0.15, 0.2) is 23.3 Å². The van der Waals surface area contributed by atoms with E-state index in [9.17, 15) is 22.4 Å². The van der Waals surface area contributed by atoms with E-state index >= 15 is 0 Å². The molecule has 6 rings (SSSR count). The zero-order chi connectivity index (χ0) is 20.3. The highest BCUT2D eigenvalue weighted by atomic mass is 19.3. The molecule has 4 nitrogen and oxygen atoms in total. The largest absolute Gasteiger partial charge is 0.291 e. The molecular formula is C21H23F4N3O. The van der Waals surface area contributed by atoms with Gasteiger partial charge in [0, 0.05) is 31.2 Å². The second-order valence-corrected chi connectivity index (χ2v) is 9.05. The van der Waals surface area contributed by atoms with Crippen LogP contribution in [0.4, 0.5) is 17.6 Å². The van der Waals surface area contributed by atoms with Gasteiger partial charge in [0.05, 0.1) is 19.1 Å². The zero-order valence-corrected chi connectivity index (χ0v) is 15.9. The lowest BCUT2D eigenvalue weighted by molar-refractivity contribution is -0.157. The first-order valence-corrected chi connectivity index (χ1v) is 10.2. The number of likely N-dealkylation sites (tertiary alicyclic amines) is 1. The summed E-state index contributed by atoms with van der Waals surface area (Å²) in [4.78, 5) is 15.1. The number of benzene rings is 1. The van der Waals surface area contributed by atoms with Crippen LogP contribution in [-0.2, 0) is 4.79 Å². The third-order valence-electron chi connectivity index (χ3n) is 7.05. The molecule has 1 aromatic carbocycles. The van der Waals surface area contributed by atoms with Crippen LogP contribution in [0.3, 0.4) is 0 Å². The molecular weight excluding hydrogens is 386 g/mol. The smallest absolute Gasteiger partial charge is 0.272 e. The molecule has 3 saturated carbocycles. The molecule has 29 heavy (non-hydrogen) atoms. The highest BCUT2D eigenvalue weighted by Gasteiger charge is 2.52. The van der Waals surface area contributed by atoms with Crippen molar-refractivity contribution in [3.63, 3.8) is 0 Å². The van der Waals surface area contributed by atoms with E-state index in [2.05, 4.69) is 5.10 Å². The molecule has 8 heteroatoms. The Morgan fingerprint density at radius 1 is 1.07 bits per heavy atom. The van der Waals surface area contributed by atoms with Gasteiger partial charge < -0.3 is 0 Å². The van der Waals surface area contributed by atoms with Crippen LogP contribution in [0.5, 0.6) is 0 Å². The maximum atomic E-state index is 13.7.